The Morgan fingerprint density at radius 1 is 1.04 bits per heavy atom. The van der Waals surface area contributed by atoms with Crippen LogP contribution in [0, 0.1) is 0 Å². The van der Waals surface area contributed by atoms with Crippen LogP contribution in [0.25, 0.3) is 11.1 Å². The lowest BCUT2D eigenvalue weighted by Gasteiger charge is -2.15. The van der Waals surface area contributed by atoms with E-state index in [4.69, 9.17) is 10.8 Å². The Morgan fingerprint density at radius 3 is 2.21 bits per heavy atom. The van der Waals surface area contributed by atoms with Crippen LogP contribution in [0.5, 0.6) is 0 Å². The van der Waals surface area contributed by atoms with Gasteiger partial charge in [0.1, 0.15) is 6.04 Å². The van der Waals surface area contributed by atoms with Gasteiger partial charge in [-0.1, -0.05) is 55.0 Å². The minimum absolute atomic E-state index is 0.388. The summed E-state index contributed by atoms with van der Waals surface area (Å²) < 4.78 is 0. The maximum Gasteiger partial charge on any atom is 0.320 e. The highest BCUT2D eigenvalue weighted by Gasteiger charge is 2.27. The van der Waals surface area contributed by atoms with E-state index in [1.54, 1.807) is 0 Å². The van der Waals surface area contributed by atoms with E-state index < -0.39 is 12.0 Å². The van der Waals surface area contributed by atoms with Gasteiger partial charge in [0, 0.05) is 12.5 Å². The summed E-state index contributed by atoms with van der Waals surface area (Å²) in [6, 6.07) is 16.5. The minimum Gasteiger partial charge on any atom is -0.480 e. The van der Waals surface area contributed by atoms with Crippen molar-refractivity contribution >= 4 is 5.97 Å². The predicted molar refractivity (Wildman–Crippen MR) is 96.1 cm³/mol. The fourth-order valence-corrected chi connectivity index (χ4v) is 3.46. The van der Waals surface area contributed by atoms with Crippen LogP contribution in [0.1, 0.15) is 36.3 Å². The molecule has 0 saturated heterocycles. The fraction of sp³-hybridized carbons (Fsp3) is 0.350. The molecule has 0 saturated carbocycles. The van der Waals surface area contributed by atoms with Crippen molar-refractivity contribution in [3.05, 3.63) is 59.7 Å². The Bertz CT molecular complexity index is 669. The number of carbonyl (C=O) groups is 1. The van der Waals surface area contributed by atoms with Crippen molar-refractivity contribution in [2.45, 2.75) is 31.2 Å². The highest BCUT2D eigenvalue weighted by Crippen LogP contribution is 2.43. The van der Waals surface area contributed by atoms with Gasteiger partial charge < -0.3 is 16.2 Å². The molecule has 0 radical (unpaired) electrons. The maximum atomic E-state index is 10.7. The summed E-state index contributed by atoms with van der Waals surface area (Å²) in [5.74, 6) is -0.527. The molecule has 1 aliphatic rings. The molecule has 0 bridgehead atoms. The molecule has 3 rings (SSSR count). The molecule has 4 heteroatoms. The second kappa shape index (κ2) is 7.60. The zero-order chi connectivity index (χ0) is 16.9. The number of fused-ring (bicyclic) bond motifs is 3. The van der Waals surface area contributed by atoms with E-state index >= 15 is 0 Å². The van der Waals surface area contributed by atoms with Crippen molar-refractivity contribution in [3.63, 3.8) is 0 Å². The van der Waals surface area contributed by atoms with Crippen LogP contribution < -0.4 is 11.1 Å². The number of unbranched alkanes of at least 4 members (excludes halogenated alkanes) is 1. The average Bonchev–Trinajstić information content (AvgIpc) is 2.92. The summed E-state index contributed by atoms with van der Waals surface area (Å²) in [6.45, 7) is 1.78. The van der Waals surface area contributed by atoms with Crippen molar-refractivity contribution in [2.75, 3.05) is 13.1 Å². The van der Waals surface area contributed by atoms with E-state index in [2.05, 4.69) is 53.8 Å². The Morgan fingerprint density at radius 2 is 1.62 bits per heavy atom. The number of rotatable bonds is 8. The number of nitrogens with two attached hydrogens (primary N) is 1. The first kappa shape index (κ1) is 16.7. The number of aliphatic carboxylic acids is 1. The normalized spacial score (nSPS) is 14.2. The lowest BCUT2D eigenvalue weighted by atomic mass is 9.97. The lowest BCUT2D eigenvalue weighted by molar-refractivity contribution is -0.138. The molecule has 0 spiro atoms. The quantitative estimate of drug-likeness (QED) is 0.653. The van der Waals surface area contributed by atoms with Crippen LogP contribution in [0.3, 0.4) is 0 Å². The molecular weight excluding hydrogens is 300 g/mol. The van der Waals surface area contributed by atoms with Gasteiger partial charge in [0.25, 0.3) is 0 Å². The molecule has 126 valence electrons. The van der Waals surface area contributed by atoms with Crippen LogP contribution in [-0.4, -0.2) is 30.2 Å². The zero-order valence-corrected chi connectivity index (χ0v) is 13.7. The van der Waals surface area contributed by atoms with Gasteiger partial charge in [0.15, 0.2) is 0 Å². The molecule has 2 aromatic carbocycles. The van der Waals surface area contributed by atoms with Crippen molar-refractivity contribution in [2.24, 2.45) is 5.73 Å². The van der Waals surface area contributed by atoms with Gasteiger partial charge in [-0.3, -0.25) is 4.79 Å². The SMILES string of the molecule is N[C@@H](CCCCNCC1c2ccccc2-c2ccccc21)C(=O)O. The summed E-state index contributed by atoms with van der Waals surface area (Å²) in [7, 11) is 0. The van der Waals surface area contributed by atoms with Gasteiger partial charge in [-0.05, 0) is 41.6 Å². The minimum atomic E-state index is -0.915. The standard InChI is InChI=1S/C20H24N2O2/c21-19(20(23)24)11-5-6-12-22-13-18-16-9-3-1-7-14(16)15-8-2-4-10-17(15)18/h1-4,7-10,18-19,22H,5-6,11-13,21H2,(H,23,24)/t19-/m0/s1. The Hall–Kier alpha value is -2.17. The van der Waals surface area contributed by atoms with Gasteiger partial charge in [-0.15, -0.1) is 0 Å². The van der Waals surface area contributed by atoms with Crippen molar-refractivity contribution in [1.82, 2.24) is 5.32 Å². The van der Waals surface area contributed by atoms with Gasteiger partial charge in [-0.2, -0.15) is 0 Å². The van der Waals surface area contributed by atoms with Crippen molar-refractivity contribution in [1.29, 1.82) is 0 Å². The van der Waals surface area contributed by atoms with Crippen LogP contribution in [0.2, 0.25) is 0 Å². The van der Waals surface area contributed by atoms with E-state index in [-0.39, 0.29) is 0 Å². The molecule has 24 heavy (non-hydrogen) atoms. The molecule has 4 nitrogen and oxygen atoms in total. The Kier molecular flexibility index (Phi) is 5.28. The Balaban J connectivity index is 1.54. The molecule has 2 aromatic rings. The number of carboxylic acid groups (broad SMARTS) is 1. The summed E-state index contributed by atoms with van der Waals surface area (Å²) in [6.07, 6.45) is 2.31. The molecule has 0 fully saturated rings. The largest absolute Gasteiger partial charge is 0.480 e. The van der Waals surface area contributed by atoms with Crippen LogP contribution >= 0.6 is 0 Å². The first-order valence-corrected chi connectivity index (χ1v) is 8.56. The summed E-state index contributed by atoms with van der Waals surface area (Å²) in [4.78, 5) is 10.7. The topological polar surface area (TPSA) is 75.3 Å². The number of hydrogen-bond acceptors (Lipinski definition) is 3. The van der Waals surface area contributed by atoms with Gasteiger partial charge in [-0.25, -0.2) is 0 Å². The predicted octanol–water partition coefficient (Wildman–Crippen LogP) is 2.97. The van der Waals surface area contributed by atoms with Crippen LogP contribution in [-0.2, 0) is 4.79 Å². The highest BCUT2D eigenvalue weighted by atomic mass is 16.4. The van der Waals surface area contributed by atoms with E-state index in [0.717, 1.165) is 25.9 Å². The molecule has 1 atom stereocenters. The van der Waals surface area contributed by atoms with E-state index in [0.29, 0.717) is 12.3 Å². The lowest BCUT2D eigenvalue weighted by Crippen LogP contribution is -2.30. The third kappa shape index (κ3) is 3.50. The number of hydrogen-bond donors (Lipinski definition) is 3. The van der Waals surface area contributed by atoms with Gasteiger partial charge in [0.05, 0.1) is 0 Å². The third-order valence-corrected chi connectivity index (χ3v) is 4.75. The van der Waals surface area contributed by atoms with Crippen molar-refractivity contribution < 1.29 is 9.90 Å². The Labute approximate surface area is 142 Å². The molecule has 0 amide bonds. The fourth-order valence-electron chi connectivity index (χ4n) is 3.46. The second-order valence-electron chi connectivity index (χ2n) is 6.37. The maximum absolute atomic E-state index is 10.7. The third-order valence-electron chi connectivity index (χ3n) is 4.75. The molecular formula is C20H24N2O2. The number of carboxylic acids is 1. The van der Waals surface area contributed by atoms with Gasteiger partial charge >= 0.3 is 5.97 Å². The van der Waals surface area contributed by atoms with E-state index in [1.807, 2.05) is 0 Å². The first-order chi connectivity index (χ1) is 11.7. The summed E-state index contributed by atoms with van der Waals surface area (Å²) >= 11 is 0. The van der Waals surface area contributed by atoms with Crippen molar-refractivity contribution in [3.8, 4) is 11.1 Å². The van der Waals surface area contributed by atoms with E-state index in [1.165, 1.54) is 22.3 Å². The monoisotopic (exact) mass is 324 g/mol. The van der Waals surface area contributed by atoms with Crippen LogP contribution in [0.4, 0.5) is 0 Å². The number of benzene rings is 2. The molecule has 0 heterocycles. The molecule has 0 aliphatic heterocycles. The second-order valence-corrected chi connectivity index (χ2v) is 6.37. The summed E-state index contributed by atoms with van der Waals surface area (Å²) in [5.41, 5.74) is 11.0. The molecule has 0 aromatic heterocycles. The molecule has 4 N–H and O–H groups in total. The molecule has 0 unspecified atom stereocenters. The highest BCUT2D eigenvalue weighted by molar-refractivity contribution is 5.78. The number of nitrogens with one attached hydrogen (secondary N) is 1. The first-order valence-electron chi connectivity index (χ1n) is 8.56. The average molecular weight is 324 g/mol. The van der Waals surface area contributed by atoms with Gasteiger partial charge in [0.2, 0.25) is 0 Å². The van der Waals surface area contributed by atoms with Crippen LogP contribution in [0.15, 0.2) is 48.5 Å². The zero-order valence-electron chi connectivity index (χ0n) is 13.7. The molecule has 1 aliphatic carbocycles. The van der Waals surface area contributed by atoms with E-state index in [9.17, 15) is 4.79 Å². The summed E-state index contributed by atoms with van der Waals surface area (Å²) in [5, 5.41) is 12.3. The smallest absolute Gasteiger partial charge is 0.320 e.